The monoisotopic (exact) mass is 497 g/mol. The molecule has 1 N–H and O–H groups in total. The summed E-state index contributed by atoms with van der Waals surface area (Å²) in [5.41, 5.74) is 1.00. The number of imidazole rings is 1. The molecule has 1 aliphatic carbocycles. The number of fused-ring (bicyclic) bond motifs is 1. The Morgan fingerprint density at radius 1 is 1.20 bits per heavy atom. The van der Waals surface area contributed by atoms with Crippen LogP contribution in [0.1, 0.15) is 80.8 Å². The standard InChI is InChI=1S/C24H31F4N5O2/c1-14(16-4-2-6-23(25,26)11-16)19-12-33-22(30-19)31-20(17-13-35-9-7-24(17,27)28)18(32-33)10-15-5-3-8-29-21(15)34/h12,14-17H,2-11,13H2,1H3,(H,29,34)/t14?,15-,16?,17?/m1/s1. The van der Waals surface area contributed by atoms with E-state index in [2.05, 4.69) is 20.4 Å². The minimum absolute atomic E-state index is 0.0312. The van der Waals surface area contributed by atoms with Gasteiger partial charge in [0.05, 0.1) is 42.4 Å². The van der Waals surface area contributed by atoms with Gasteiger partial charge in [-0.1, -0.05) is 6.92 Å². The molecule has 3 fully saturated rings. The van der Waals surface area contributed by atoms with E-state index in [-0.39, 0.29) is 67.6 Å². The molecular weight excluding hydrogens is 466 g/mol. The Morgan fingerprint density at radius 3 is 2.77 bits per heavy atom. The summed E-state index contributed by atoms with van der Waals surface area (Å²) in [5, 5.41) is 7.42. The number of carbonyl (C=O) groups excluding carboxylic acids is 1. The molecule has 2 aromatic rings. The molecule has 0 aromatic carbocycles. The SMILES string of the molecule is CC(c1cn2nc(C[C@H]3CCCNC3=O)c(C3COCCC3(F)F)nc2n1)C1CCCC(F)(F)C1. The molecule has 0 radical (unpaired) electrons. The molecule has 1 saturated carbocycles. The van der Waals surface area contributed by atoms with Crippen molar-refractivity contribution in [2.24, 2.45) is 11.8 Å². The summed E-state index contributed by atoms with van der Waals surface area (Å²) in [6.07, 6.45) is 3.74. The summed E-state index contributed by atoms with van der Waals surface area (Å²) in [6.45, 7) is 2.25. The fourth-order valence-corrected chi connectivity index (χ4v) is 5.65. The first kappa shape index (κ1) is 24.4. The fraction of sp³-hybridized carbons (Fsp3) is 0.750. The first-order valence-electron chi connectivity index (χ1n) is 12.5. The van der Waals surface area contributed by atoms with Gasteiger partial charge in [-0.25, -0.2) is 32.0 Å². The first-order valence-corrected chi connectivity index (χ1v) is 12.5. The molecule has 3 unspecified atom stereocenters. The van der Waals surface area contributed by atoms with Crippen molar-refractivity contribution in [2.75, 3.05) is 19.8 Å². The van der Waals surface area contributed by atoms with Gasteiger partial charge in [-0.05, 0) is 31.6 Å². The third kappa shape index (κ3) is 5.01. The van der Waals surface area contributed by atoms with Gasteiger partial charge < -0.3 is 10.1 Å². The van der Waals surface area contributed by atoms with Crippen LogP contribution in [0.2, 0.25) is 0 Å². The van der Waals surface area contributed by atoms with Gasteiger partial charge in [0.2, 0.25) is 11.8 Å². The summed E-state index contributed by atoms with van der Waals surface area (Å²) in [6, 6.07) is 0. The van der Waals surface area contributed by atoms with E-state index in [4.69, 9.17) is 4.74 Å². The highest BCUT2D eigenvalue weighted by atomic mass is 19.3. The summed E-state index contributed by atoms with van der Waals surface area (Å²) in [5.74, 6) is -7.81. The van der Waals surface area contributed by atoms with Crippen LogP contribution in [-0.4, -0.2) is 57.1 Å². The lowest BCUT2D eigenvalue weighted by atomic mass is 9.78. The van der Waals surface area contributed by atoms with E-state index in [9.17, 15) is 22.4 Å². The van der Waals surface area contributed by atoms with E-state index in [1.54, 1.807) is 6.20 Å². The largest absolute Gasteiger partial charge is 0.380 e. The van der Waals surface area contributed by atoms with E-state index < -0.39 is 24.2 Å². The maximum atomic E-state index is 14.9. The molecule has 2 aliphatic heterocycles. The highest BCUT2D eigenvalue weighted by Crippen LogP contribution is 2.43. The number of piperidine rings is 1. The highest BCUT2D eigenvalue weighted by Gasteiger charge is 2.46. The van der Waals surface area contributed by atoms with Gasteiger partial charge in [-0.2, -0.15) is 5.10 Å². The van der Waals surface area contributed by atoms with E-state index in [1.165, 1.54) is 4.52 Å². The third-order valence-corrected chi connectivity index (χ3v) is 7.83. The average molecular weight is 498 g/mol. The van der Waals surface area contributed by atoms with Crippen molar-refractivity contribution >= 4 is 11.7 Å². The smallest absolute Gasteiger partial charge is 0.260 e. The van der Waals surface area contributed by atoms with Gasteiger partial charge in [0, 0.05) is 44.1 Å². The molecule has 0 spiro atoms. The lowest BCUT2D eigenvalue weighted by molar-refractivity contribution is -0.126. The zero-order valence-corrected chi connectivity index (χ0v) is 19.8. The number of alkyl halides is 4. The lowest BCUT2D eigenvalue weighted by Crippen LogP contribution is -2.39. The number of hydrogen-bond donors (Lipinski definition) is 1. The summed E-state index contributed by atoms with van der Waals surface area (Å²) in [4.78, 5) is 21.4. The molecule has 3 aliphatic rings. The molecule has 2 saturated heterocycles. The van der Waals surface area contributed by atoms with E-state index in [0.29, 0.717) is 37.2 Å². The second-order valence-corrected chi connectivity index (χ2v) is 10.3. The number of hydrogen-bond acceptors (Lipinski definition) is 5. The van der Waals surface area contributed by atoms with Crippen LogP contribution in [-0.2, 0) is 16.0 Å². The predicted molar refractivity (Wildman–Crippen MR) is 119 cm³/mol. The van der Waals surface area contributed by atoms with Crippen LogP contribution >= 0.6 is 0 Å². The number of nitrogens with one attached hydrogen (secondary N) is 1. The molecular formula is C24H31F4N5O2. The van der Waals surface area contributed by atoms with Crippen LogP contribution in [0.4, 0.5) is 17.6 Å². The number of rotatable bonds is 5. The van der Waals surface area contributed by atoms with Crippen molar-refractivity contribution in [1.29, 1.82) is 0 Å². The number of aromatic nitrogens is 4. The van der Waals surface area contributed by atoms with Crippen molar-refractivity contribution < 1.29 is 27.1 Å². The van der Waals surface area contributed by atoms with E-state index in [0.717, 1.165) is 6.42 Å². The second kappa shape index (κ2) is 9.29. The Kier molecular flexibility index (Phi) is 6.48. The summed E-state index contributed by atoms with van der Waals surface area (Å²) >= 11 is 0. The minimum Gasteiger partial charge on any atom is -0.380 e. The van der Waals surface area contributed by atoms with Crippen molar-refractivity contribution in [1.82, 2.24) is 24.9 Å². The number of carbonyl (C=O) groups is 1. The molecule has 35 heavy (non-hydrogen) atoms. The van der Waals surface area contributed by atoms with Gasteiger partial charge in [-0.15, -0.1) is 0 Å². The van der Waals surface area contributed by atoms with Crippen molar-refractivity contribution in [2.45, 2.75) is 82.0 Å². The molecule has 5 rings (SSSR count). The third-order valence-electron chi connectivity index (χ3n) is 7.83. The number of halogens is 4. The van der Waals surface area contributed by atoms with Crippen LogP contribution in [0.5, 0.6) is 0 Å². The molecule has 192 valence electrons. The van der Waals surface area contributed by atoms with Crippen LogP contribution in [0.15, 0.2) is 6.20 Å². The van der Waals surface area contributed by atoms with Gasteiger partial charge in [0.1, 0.15) is 0 Å². The van der Waals surface area contributed by atoms with E-state index in [1.807, 2.05) is 6.92 Å². The summed E-state index contributed by atoms with van der Waals surface area (Å²) < 4.78 is 64.6. The Balaban J connectivity index is 1.51. The zero-order chi connectivity index (χ0) is 24.8. The van der Waals surface area contributed by atoms with Gasteiger partial charge in [0.15, 0.2) is 0 Å². The lowest BCUT2D eigenvalue weighted by Gasteiger charge is -2.32. The van der Waals surface area contributed by atoms with Gasteiger partial charge >= 0.3 is 0 Å². The molecule has 4 heterocycles. The highest BCUT2D eigenvalue weighted by molar-refractivity contribution is 5.79. The Labute approximate surface area is 201 Å². The average Bonchev–Trinajstić information content (AvgIpc) is 3.22. The Morgan fingerprint density at radius 2 is 2.03 bits per heavy atom. The van der Waals surface area contributed by atoms with Crippen LogP contribution in [0.3, 0.4) is 0 Å². The van der Waals surface area contributed by atoms with Gasteiger partial charge in [0.25, 0.3) is 11.7 Å². The first-order chi connectivity index (χ1) is 16.6. The zero-order valence-electron chi connectivity index (χ0n) is 19.8. The molecule has 2 aromatic heterocycles. The summed E-state index contributed by atoms with van der Waals surface area (Å²) in [7, 11) is 0. The predicted octanol–water partition coefficient (Wildman–Crippen LogP) is 4.26. The number of ether oxygens (including phenoxy) is 1. The maximum absolute atomic E-state index is 14.9. The van der Waals surface area contributed by atoms with Crippen molar-refractivity contribution in [3.63, 3.8) is 0 Å². The number of amides is 1. The minimum atomic E-state index is -3.02. The normalized spacial score (nSPS) is 29.6. The Hall–Kier alpha value is -2.30. The second-order valence-electron chi connectivity index (χ2n) is 10.3. The Bertz CT molecular complexity index is 1090. The van der Waals surface area contributed by atoms with E-state index >= 15 is 0 Å². The van der Waals surface area contributed by atoms with Crippen LogP contribution in [0.25, 0.3) is 5.78 Å². The number of nitrogens with zero attached hydrogens (tertiary/aromatic N) is 4. The molecule has 4 atom stereocenters. The quantitative estimate of drug-likeness (QED) is 0.625. The molecule has 11 heteroatoms. The topological polar surface area (TPSA) is 81.4 Å². The van der Waals surface area contributed by atoms with Crippen LogP contribution in [0, 0.1) is 11.8 Å². The van der Waals surface area contributed by atoms with Crippen molar-refractivity contribution in [3.8, 4) is 0 Å². The van der Waals surface area contributed by atoms with Crippen molar-refractivity contribution in [3.05, 3.63) is 23.3 Å². The fourth-order valence-electron chi connectivity index (χ4n) is 5.65. The maximum Gasteiger partial charge on any atom is 0.260 e. The van der Waals surface area contributed by atoms with Gasteiger partial charge in [-0.3, -0.25) is 4.79 Å². The molecule has 7 nitrogen and oxygen atoms in total. The molecule has 1 amide bonds. The molecule has 0 bridgehead atoms. The van der Waals surface area contributed by atoms with Crippen LogP contribution < -0.4 is 5.32 Å².